The van der Waals surface area contributed by atoms with E-state index in [0.29, 0.717) is 6.54 Å². The fraction of sp³-hybridized carbons (Fsp3) is 0.375. The molecule has 1 aromatic heterocycles. The Labute approximate surface area is 190 Å². The van der Waals surface area contributed by atoms with Crippen molar-refractivity contribution in [2.45, 2.75) is 44.7 Å². The number of hydrogen-bond acceptors (Lipinski definition) is 6. The number of carbonyl (C=O) groups is 2. The molecule has 4 heterocycles. The number of carbonyl (C=O) groups excluding carboxylic acids is 2. The Morgan fingerprint density at radius 3 is 2.82 bits per heavy atom. The monoisotopic (exact) mass is 447 g/mol. The number of morpholine rings is 1. The third kappa shape index (κ3) is 2.82. The van der Waals surface area contributed by atoms with E-state index in [1.165, 1.54) is 0 Å². The molecular weight excluding hydrogens is 422 g/mol. The Hall–Kier alpha value is -3.43. The molecule has 0 unspecified atom stereocenters. The van der Waals surface area contributed by atoms with Crippen LogP contribution in [-0.4, -0.2) is 57.6 Å². The van der Waals surface area contributed by atoms with E-state index in [0.717, 1.165) is 28.0 Å². The highest BCUT2D eigenvalue weighted by molar-refractivity contribution is 6.02. The molecule has 2 fully saturated rings. The average molecular weight is 447 g/mol. The van der Waals surface area contributed by atoms with Gasteiger partial charge in [-0.15, -0.1) is 0 Å². The molecule has 3 aliphatic heterocycles. The smallest absolute Gasteiger partial charge is 0.323 e. The lowest BCUT2D eigenvalue weighted by Gasteiger charge is -2.57. The standard InChI is InChI=1S/C24H25N5O4/c1-13-11-28-18-8-7-16(29-12-25-17-5-3-4-6-19(17)29)9-15(18)10-24(20(28)14(2)33-13)21(30)26-23(32)27-22(24)31/h3-9,12-14,20-21,30H,10-11H2,1-2H3,(H2,26,27,31,32)/t13-,14+,20-,21-,24-/m1/s1. The summed E-state index contributed by atoms with van der Waals surface area (Å²) >= 11 is 0. The van der Waals surface area contributed by atoms with Gasteiger partial charge in [-0.2, -0.15) is 0 Å². The molecule has 9 nitrogen and oxygen atoms in total. The SMILES string of the molecule is C[C@@H]1CN2c3ccc(-n4cnc5ccccc54)cc3C[C@@]3(C(=O)NC(=O)N[C@@H]3O)[C@H]2[C@H](C)O1. The lowest BCUT2D eigenvalue weighted by atomic mass is 9.66. The Balaban J connectivity index is 1.52. The van der Waals surface area contributed by atoms with Gasteiger partial charge in [-0.05, 0) is 56.2 Å². The predicted molar refractivity (Wildman–Crippen MR) is 121 cm³/mol. The summed E-state index contributed by atoms with van der Waals surface area (Å²) in [6.07, 6.45) is 0.343. The minimum Gasteiger partial charge on any atom is -0.372 e. The van der Waals surface area contributed by atoms with Crippen LogP contribution in [-0.2, 0) is 16.0 Å². The first-order valence-electron chi connectivity index (χ1n) is 11.2. The van der Waals surface area contributed by atoms with Gasteiger partial charge in [0.15, 0.2) is 0 Å². The number of urea groups is 1. The van der Waals surface area contributed by atoms with Crippen molar-refractivity contribution in [3.8, 4) is 5.69 Å². The van der Waals surface area contributed by atoms with Crippen molar-refractivity contribution in [2.75, 3.05) is 11.4 Å². The van der Waals surface area contributed by atoms with Gasteiger partial charge in [0.2, 0.25) is 5.91 Å². The van der Waals surface area contributed by atoms with Crippen LogP contribution in [0.1, 0.15) is 19.4 Å². The van der Waals surface area contributed by atoms with Crippen LogP contribution in [0.2, 0.25) is 0 Å². The van der Waals surface area contributed by atoms with Gasteiger partial charge in [0.25, 0.3) is 0 Å². The number of rotatable bonds is 1. The van der Waals surface area contributed by atoms with Crippen molar-refractivity contribution in [1.29, 1.82) is 0 Å². The Bertz CT molecular complexity index is 1290. The second-order valence-electron chi connectivity index (χ2n) is 9.21. The number of imidazole rings is 1. The number of fused-ring (bicyclic) bond motifs is 5. The first-order chi connectivity index (χ1) is 15.9. The number of aromatic nitrogens is 2. The largest absolute Gasteiger partial charge is 0.372 e. The lowest BCUT2D eigenvalue weighted by molar-refractivity contribution is -0.155. The van der Waals surface area contributed by atoms with Crippen molar-refractivity contribution >= 4 is 28.7 Å². The number of aliphatic hydroxyl groups is 1. The molecule has 0 aliphatic carbocycles. The zero-order valence-corrected chi connectivity index (χ0v) is 18.4. The Morgan fingerprint density at radius 2 is 2.00 bits per heavy atom. The van der Waals surface area contributed by atoms with E-state index < -0.39 is 29.6 Å². The molecule has 2 aromatic carbocycles. The third-order valence-electron chi connectivity index (χ3n) is 7.20. The first-order valence-corrected chi connectivity index (χ1v) is 11.2. The molecule has 3 amide bonds. The normalized spacial score (nSPS) is 31.2. The van der Waals surface area contributed by atoms with Gasteiger partial charge < -0.3 is 20.1 Å². The number of nitrogens with one attached hydrogen (secondary N) is 2. The van der Waals surface area contributed by atoms with Crippen LogP contribution in [0.5, 0.6) is 0 Å². The van der Waals surface area contributed by atoms with Crippen LogP contribution in [0, 0.1) is 5.41 Å². The quantitative estimate of drug-likeness (QED) is 0.524. The molecule has 3 aliphatic rings. The number of para-hydroxylation sites is 2. The van der Waals surface area contributed by atoms with Gasteiger partial charge in [0.1, 0.15) is 18.0 Å². The minimum atomic E-state index is -1.34. The van der Waals surface area contributed by atoms with Gasteiger partial charge >= 0.3 is 6.03 Å². The van der Waals surface area contributed by atoms with Gasteiger partial charge in [-0.25, -0.2) is 9.78 Å². The topological polar surface area (TPSA) is 109 Å². The van der Waals surface area contributed by atoms with Crippen molar-refractivity contribution in [3.63, 3.8) is 0 Å². The summed E-state index contributed by atoms with van der Waals surface area (Å²) in [5.41, 5.74) is 3.45. The summed E-state index contributed by atoms with van der Waals surface area (Å²) in [6.45, 7) is 4.49. The molecule has 3 aromatic rings. The molecule has 6 rings (SSSR count). The van der Waals surface area contributed by atoms with Crippen molar-refractivity contribution in [3.05, 3.63) is 54.4 Å². The molecule has 2 saturated heterocycles. The van der Waals surface area contributed by atoms with Gasteiger partial charge in [0, 0.05) is 17.9 Å². The van der Waals surface area contributed by atoms with Crippen LogP contribution >= 0.6 is 0 Å². The molecule has 9 heteroatoms. The van der Waals surface area contributed by atoms with E-state index in [1.54, 1.807) is 6.33 Å². The summed E-state index contributed by atoms with van der Waals surface area (Å²) < 4.78 is 8.11. The van der Waals surface area contributed by atoms with Crippen molar-refractivity contribution in [2.24, 2.45) is 5.41 Å². The fourth-order valence-electron chi connectivity index (χ4n) is 5.91. The molecule has 1 spiro atoms. The molecule has 3 N–H and O–H groups in total. The highest BCUT2D eigenvalue weighted by Gasteiger charge is 2.62. The van der Waals surface area contributed by atoms with Crippen LogP contribution in [0.15, 0.2) is 48.8 Å². The predicted octanol–water partition coefficient (Wildman–Crippen LogP) is 1.71. The molecule has 0 radical (unpaired) electrons. The maximum Gasteiger partial charge on any atom is 0.323 e. The van der Waals surface area contributed by atoms with E-state index in [2.05, 4.69) is 26.6 Å². The summed E-state index contributed by atoms with van der Waals surface area (Å²) in [6, 6.07) is 12.9. The summed E-state index contributed by atoms with van der Waals surface area (Å²) in [7, 11) is 0. The van der Waals surface area contributed by atoms with E-state index in [9.17, 15) is 14.7 Å². The number of nitrogens with zero attached hydrogens (tertiary/aromatic N) is 3. The van der Waals surface area contributed by atoms with E-state index in [4.69, 9.17) is 4.74 Å². The highest BCUT2D eigenvalue weighted by Crippen LogP contribution is 2.48. The number of aliphatic hydroxyl groups excluding tert-OH is 1. The van der Waals surface area contributed by atoms with Crippen molar-refractivity contribution < 1.29 is 19.4 Å². The Kier molecular flexibility index (Phi) is 4.30. The maximum atomic E-state index is 13.3. The van der Waals surface area contributed by atoms with Crippen molar-refractivity contribution in [1.82, 2.24) is 20.2 Å². The zero-order chi connectivity index (χ0) is 22.9. The average Bonchev–Trinajstić information content (AvgIpc) is 3.21. The minimum absolute atomic E-state index is 0.0464. The van der Waals surface area contributed by atoms with Gasteiger partial charge in [-0.1, -0.05) is 12.1 Å². The van der Waals surface area contributed by atoms with E-state index in [1.807, 2.05) is 54.8 Å². The number of ether oxygens (including phenoxy) is 1. The van der Waals surface area contributed by atoms with E-state index in [-0.39, 0.29) is 18.6 Å². The zero-order valence-electron chi connectivity index (χ0n) is 18.4. The molecular formula is C24H25N5O4. The van der Waals surface area contributed by atoms with Crippen LogP contribution < -0.4 is 15.5 Å². The number of imide groups is 1. The van der Waals surface area contributed by atoms with E-state index >= 15 is 0 Å². The molecule has 33 heavy (non-hydrogen) atoms. The summed E-state index contributed by atoms with van der Waals surface area (Å²) in [4.78, 5) is 31.9. The summed E-state index contributed by atoms with van der Waals surface area (Å²) in [5, 5.41) is 16.0. The fourth-order valence-corrected chi connectivity index (χ4v) is 5.91. The molecule has 0 bridgehead atoms. The molecule has 5 atom stereocenters. The Morgan fingerprint density at radius 1 is 1.18 bits per heavy atom. The molecule has 0 saturated carbocycles. The summed E-state index contributed by atoms with van der Waals surface area (Å²) in [5.74, 6) is -0.483. The highest BCUT2D eigenvalue weighted by atomic mass is 16.5. The maximum absolute atomic E-state index is 13.3. The number of hydrogen-bond donors (Lipinski definition) is 3. The third-order valence-corrected chi connectivity index (χ3v) is 7.20. The lowest BCUT2D eigenvalue weighted by Crippen LogP contribution is -2.76. The number of anilines is 1. The number of amides is 3. The van der Waals surface area contributed by atoms with Crippen LogP contribution in [0.3, 0.4) is 0 Å². The van der Waals surface area contributed by atoms with Crippen LogP contribution in [0.25, 0.3) is 16.7 Å². The van der Waals surface area contributed by atoms with Gasteiger partial charge in [-0.3, -0.25) is 14.7 Å². The second-order valence-corrected chi connectivity index (χ2v) is 9.21. The first kappa shape index (κ1) is 20.2. The van der Waals surface area contributed by atoms with Crippen LogP contribution in [0.4, 0.5) is 10.5 Å². The molecule has 170 valence electrons. The second kappa shape index (κ2) is 7.03. The van der Waals surface area contributed by atoms with Gasteiger partial charge in [0.05, 0.1) is 29.3 Å². The number of benzene rings is 2.